The van der Waals surface area contributed by atoms with Gasteiger partial charge in [-0.25, -0.2) is 0 Å². The highest BCUT2D eigenvalue weighted by atomic mass is 16.5. The number of piperidine rings is 1. The fourth-order valence-electron chi connectivity index (χ4n) is 4.29. The van der Waals surface area contributed by atoms with Crippen molar-refractivity contribution < 1.29 is 19.7 Å². The summed E-state index contributed by atoms with van der Waals surface area (Å²) in [4.78, 5) is 18.1. The molecule has 3 aromatic rings. The van der Waals surface area contributed by atoms with E-state index in [4.69, 9.17) is 4.74 Å². The molecule has 0 aliphatic carbocycles. The van der Waals surface area contributed by atoms with Crippen molar-refractivity contribution in [1.29, 1.82) is 0 Å². The number of pyridine rings is 1. The van der Waals surface area contributed by atoms with Crippen LogP contribution in [0.25, 0.3) is 10.9 Å². The number of hydrogen-bond donors (Lipinski definition) is 2. The lowest BCUT2D eigenvalue weighted by molar-refractivity contribution is -0.0373. The number of Topliss-reactive ketones (excluding diaryl/α,β-unsaturated/α-hetero) is 1. The second-order valence-electron chi connectivity index (χ2n) is 8.75. The monoisotopic (exact) mass is 434 g/mol. The van der Waals surface area contributed by atoms with Crippen molar-refractivity contribution in [3.05, 3.63) is 71.4 Å². The van der Waals surface area contributed by atoms with Crippen LogP contribution in [0.4, 0.5) is 0 Å². The van der Waals surface area contributed by atoms with Crippen LogP contribution in [0.1, 0.15) is 41.3 Å². The van der Waals surface area contributed by atoms with Gasteiger partial charge in [-0.3, -0.25) is 9.78 Å². The fourth-order valence-corrected chi connectivity index (χ4v) is 4.29. The largest absolute Gasteiger partial charge is 0.491 e. The van der Waals surface area contributed by atoms with E-state index in [0.29, 0.717) is 43.8 Å². The molecule has 4 rings (SSSR count). The maximum Gasteiger partial charge on any atom is 0.159 e. The average molecular weight is 435 g/mol. The summed E-state index contributed by atoms with van der Waals surface area (Å²) in [6.07, 6.45) is 2.31. The van der Waals surface area contributed by atoms with Gasteiger partial charge in [0.15, 0.2) is 5.78 Å². The summed E-state index contributed by atoms with van der Waals surface area (Å²) in [6.45, 7) is 5.46. The first-order valence-electron chi connectivity index (χ1n) is 11.1. The maximum atomic E-state index is 11.5. The molecule has 0 radical (unpaired) electrons. The van der Waals surface area contributed by atoms with E-state index in [1.54, 1.807) is 24.4 Å². The summed E-state index contributed by atoms with van der Waals surface area (Å²) in [6, 6.07) is 15.3. The molecule has 0 spiro atoms. The van der Waals surface area contributed by atoms with Crippen LogP contribution in [0.15, 0.2) is 54.7 Å². The molecule has 1 fully saturated rings. The van der Waals surface area contributed by atoms with Crippen molar-refractivity contribution in [1.82, 2.24) is 9.88 Å². The van der Waals surface area contributed by atoms with E-state index in [2.05, 4.69) is 9.88 Å². The van der Waals surface area contributed by atoms with Crippen LogP contribution >= 0.6 is 0 Å². The van der Waals surface area contributed by atoms with E-state index in [-0.39, 0.29) is 12.4 Å². The van der Waals surface area contributed by atoms with Crippen LogP contribution in [0.5, 0.6) is 5.75 Å². The van der Waals surface area contributed by atoms with Gasteiger partial charge in [-0.2, -0.15) is 0 Å². The highest BCUT2D eigenvalue weighted by Crippen LogP contribution is 2.33. The molecule has 0 bridgehead atoms. The molecule has 6 heteroatoms. The first kappa shape index (κ1) is 22.4. The normalized spacial score (nSPS) is 17.2. The Morgan fingerprint density at radius 3 is 2.66 bits per heavy atom. The van der Waals surface area contributed by atoms with Gasteiger partial charge in [0.2, 0.25) is 0 Å². The third-order valence-electron chi connectivity index (χ3n) is 6.29. The number of likely N-dealkylation sites (tertiary alicyclic amines) is 1. The molecule has 2 N–H and O–H groups in total. The first-order valence-corrected chi connectivity index (χ1v) is 11.1. The molecular weight excluding hydrogens is 404 g/mol. The summed E-state index contributed by atoms with van der Waals surface area (Å²) in [5.41, 5.74) is 2.40. The standard InChI is InChI=1S/C26H30N2O4/c1-18-13-20(19(2)29)7-8-25(18)32-17-23(30)16-28-11-9-26(31,10-12-28)22-14-21-5-3-4-6-24(21)27-15-22/h3-8,13-15,23,30-31H,9-12,16-17H2,1-2H3/t23-/m0/s1. The number of ether oxygens (including phenoxy) is 1. The number of para-hydroxylation sites is 1. The number of benzene rings is 2. The van der Waals surface area contributed by atoms with Crippen LogP contribution in [-0.4, -0.2) is 58.2 Å². The van der Waals surface area contributed by atoms with E-state index in [0.717, 1.165) is 22.0 Å². The molecule has 0 unspecified atom stereocenters. The molecule has 1 aliphatic heterocycles. The Morgan fingerprint density at radius 2 is 1.94 bits per heavy atom. The first-order chi connectivity index (χ1) is 15.3. The number of rotatable bonds is 7. The van der Waals surface area contributed by atoms with Gasteiger partial charge in [0.05, 0.1) is 11.1 Å². The van der Waals surface area contributed by atoms with Gasteiger partial charge in [-0.15, -0.1) is 0 Å². The summed E-state index contributed by atoms with van der Waals surface area (Å²) < 4.78 is 5.78. The van der Waals surface area contributed by atoms with Gasteiger partial charge in [0, 0.05) is 42.3 Å². The molecule has 2 aromatic carbocycles. The summed E-state index contributed by atoms with van der Waals surface area (Å²) in [7, 11) is 0. The van der Waals surface area contributed by atoms with Crippen LogP contribution in [-0.2, 0) is 5.60 Å². The highest BCUT2D eigenvalue weighted by Gasteiger charge is 2.34. The Balaban J connectivity index is 1.30. The Bertz CT molecular complexity index is 1110. The molecule has 1 saturated heterocycles. The van der Waals surface area contributed by atoms with Crippen molar-refractivity contribution in [2.45, 2.75) is 38.4 Å². The molecule has 168 valence electrons. The Kier molecular flexibility index (Phi) is 6.55. The summed E-state index contributed by atoms with van der Waals surface area (Å²) in [5, 5.41) is 22.7. The van der Waals surface area contributed by atoms with Crippen LogP contribution in [0.2, 0.25) is 0 Å². The number of aliphatic hydroxyl groups excluding tert-OH is 1. The van der Waals surface area contributed by atoms with Gasteiger partial charge >= 0.3 is 0 Å². The maximum absolute atomic E-state index is 11.5. The lowest BCUT2D eigenvalue weighted by Crippen LogP contribution is -2.46. The Morgan fingerprint density at radius 1 is 1.19 bits per heavy atom. The molecule has 1 aliphatic rings. The molecule has 0 amide bonds. The summed E-state index contributed by atoms with van der Waals surface area (Å²) >= 11 is 0. The number of hydrogen-bond acceptors (Lipinski definition) is 6. The predicted octanol–water partition coefficient (Wildman–Crippen LogP) is 3.47. The van der Waals surface area contributed by atoms with Gasteiger partial charge < -0.3 is 19.8 Å². The number of aromatic nitrogens is 1. The molecule has 6 nitrogen and oxygen atoms in total. The van der Waals surface area contributed by atoms with Crippen LogP contribution < -0.4 is 4.74 Å². The van der Waals surface area contributed by atoms with Crippen molar-refractivity contribution in [2.75, 3.05) is 26.2 Å². The number of aliphatic hydroxyl groups is 2. The van der Waals surface area contributed by atoms with Crippen molar-refractivity contribution in [2.24, 2.45) is 0 Å². The Labute approximate surface area is 188 Å². The minimum atomic E-state index is -0.898. The van der Waals surface area contributed by atoms with E-state index in [1.807, 2.05) is 37.3 Å². The predicted molar refractivity (Wildman–Crippen MR) is 124 cm³/mol. The molecule has 2 heterocycles. The van der Waals surface area contributed by atoms with Gasteiger partial charge in [-0.05, 0) is 62.6 Å². The number of carbonyl (C=O) groups is 1. The number of fused-ring (bicyclic) bond motifs is 1. The molecule has 1 atom stereocenters. The smallest absolute Gasteiger partial charge is 0.159 e. The minimum Gasteiger partial charge on any atom is -0.491 e. The fraction of sp³-hybridized carbons (Fsp3) is 0.385. The number of carbonyl (C=O) groups excluding carboxylic acids is 1. The molecule has 1 aromatic heterocycles. The second kappa shape index (κ2) is 9.36. The number of ketones is 1. The van der Waals surface area contributed by atoms with E-state index < -0.39 is 11.7 Å². The topological polar surface area (TPSA) is 82.9 Å². The van der Waals surface area contributed by atoms with E-state index >= 15 is 0 Å². The van der Waals surface area contributed by atoms with Crippen LogP contribution in [0, 0.1) is 6.92 Å². The van der Waals surface area contributed by atoms with Crippen molar-refractivity contribution in [3.8, 4) is 5.75 Å². The number of β-amino-alcohol motifs (C(OH)–C–C–N with tert-alkyl or cyclic N) is 1. The Hall–Kier alpha value is -2.80. The zero-order chi connectivity index (χ0) is 22.7. The number of nitrogens with zero attached hydrogens (tertiary/aromatic N) is 2. The summed E-state index contributed by atoms with van der Waals surface area (Å²) in [5.74, 6) is 0.690. The zero-order valence-electron chi connectivity index (χ0n) is 18.6. The van der Waals surface area contributed by atoms with Crippen LogP contribution in [0.3, 0.4) is 0 Å². The van der Waals surface area contributed by atoms with E-state index in [1.165, 1.54) is 6.92 Å². The third kappa shape index (κ3) is 4.99. The van der Waals surface area contributed by atoms with Crippen molar-refractivity contribution in [3.63, 3.8) is 0 Å². The third-order valence-corrected chi connectivity index (χ3v) is 6.29. The second-order valence-corrected chi connectivity index (χ2v) is 8.75. The molecule has 0 saturated carbocycles. The lowest BCUT2D eigenvalue weighted by atomic mass is 9.84. The zero-order valence-corrected chi connectivity index (χ0v) is 18.6. The SMILES string of the molecule is CC(=O)c1ccc(OC[C@@H](O)CN2CCC(O)(c3cnc4ccccc4c3)CC2)c(C)c1. The number of aryl methyl sites for hydroxylation is 1. The molecule has 32 heavy (non-hydrogen) atoms. The quantitative estimate of drug-likeness (QED) is 0.554. The van der Waals surface area contributed by atoms with Gasteiger partial charge in [0.25, 0.3) is 0 Å². The van der Waals surface area contributed by atoms with Gasteiger partial charge in [0.1, 0.15) is 18.5 Å². The average Bonchev–Trinajstić information content (AvgIpc) is 2.79. The highest BCUT2D eigenvalue weighted by molar-refractivity contribution is 5.94. The van der Waals surface area contributed by atoms with E-state index in [9.17, 15) is 15.0 Å². The lowest BCUT2D eigenvalue weighted by Gasteiger charge is -2.39. The molecular formula is C26H30N2O4. The minimum absolute atomic E-state index is 0.0178. The van der Waals surface area contributed by atoms with Crippen molar-refractivity contribution >= 4 is 16.7 Å². The van der Waals surface area contributed by atoms with Gasteiger partial charge in [-0.1, -0.05) is 18.2 Å².